The van der Waals surface area contributed by atoms with Gasteiger partial charge in [-0.3, -0.25) is 4.21 Å². The van der Waals surface area contributed by atoms with E-state index < -0.39 is 10.8 Å². The van der Waals surface area contributed by atoms with Crippen molar-refractivity contribution >= 4 is 22.5 Å². The first-order chi connectivity index (χ1) is 11.5. The number of urea groups is 1. The highest BCUT2D eigenvalue weighted by Crippen LogP contribution is 2.22. The van der Waals surface area contributed by atoms with E-state index in [1.54, 1.807) is 42.5 Å². The maximum absolute atomic E-state index is 12.2. The Morgan fingerprint density at radius 1 is 1.12 bits per heavy atom. The predicted octanol–water partition coefficient (Wildman–Crippen LogP) is 3.71. The van der Waals surface area contributed by atoms with E-state index in [0.29, 0.717) is 17.2 Å². The number of para-hydroxylation sites is 1. The molecule has 2 aromatic carbocycles. The Morgan fingerprint density at radius 3 is 2.29 bits per heavy atom. The molecule has 2 rings (SSSR count). The fourth-order valence-electron chi connectivity index (χ4n) is 2.09. The number of hydrogen-bond acceptors (Lipinski definition) is 3. The second-order valence-corrected chi connectivity index (χ2v) is 7.05. The first kappa shape index (κ1) is 18.0. The van der Waals surface area contributed by atoms with Gasteiger partial charge in [0.05, 0.1) is 0 Å². The molecule has 0 bridgehead atoms. The van der Waals surface area contributed by atoms with Crippen LogP contribution in [0.1, 0.15) is 6.92 Å². The molecule has 1 N–H and O–H groups in total. The van der Waals surface area contributed by atoms with Gasteiger partial charge in [0.25, 0.3) is 0 Å². The summed E-state index contributed by atoms with van der Waals surface area (Å²) in [5.41, 5.74) is 0.678. The van der Waals surface area contributed by atoms with Gasteiger partial charge in [-0.15, -0.1) is 0 Å². The number of ether oxygens (including phenoxy) is 1. The van der Waals surface area contributed by atoms with Crippen LogP contribution in [0.25, 0.3) is 0 Å². The smallest absolute Gasteiger partial charge is 0.321 e. The molecule has 0 spiro atoms. The summed E-state index contributed by atoms with van der Waals surface area (Å²) < 4.78 is 17.0. The molecule has 5 nitrogen and oxygen atoms in total. The lowest BCUT2D eigenvalue weighted by atomic mass is 10.3. The first-order valence-corrected chi connectivity index (χ1v) is 9.35. The molecule has 0 fully saturated rings. The van der Waals surface area contributed by atoms with E-state index in [-0.39, 0.29) is 12.1 Å². The summed E-state index contributed by atoms with van der Waals surface area (Å²) in [5.74, 6) is 1.91. The van der Waals surface area contributed by atoms with Crippen LogP contribution >= 0.6 is 0 Å². The Hall–Kier alpha value is -2.34. The Bertz CT molecular complexity index is 689. The topological polar surface area (TPSA) is 58.6 Å². The minimum atomic E-state index is -0.940. The fraction of sp³-hybridized carbons (Fsp3) is 0.278. The molecule has 0 aromatic heterocycles. The van der Waals surface area contributed by atoms with Crippen LogP contribution in [0.4, 0.5) is 10.5 Å². The molecule has 0 unspecified atom stereocenters. The van der Waals surface area contributed by atoms with Gasteiger partial charge in [0.1, 0.15) is 11.5 Å². The molecular weight excluding hydrogens is 324 g/mol. The van der Waals surface area contributed by atoms with Gasteiger partial charge in [-0.05, 0) is 43.3 Å². The van der Waals surface area contributed by atoms with Crippen molar-refractivity contribution in [2.45, 2.75) is 13.0 Å². The molecule has 2 atom stereocenters. The average Bonchev–Trinajstić information content (AvgIpc) is 2.56. The van der Waals surface area contributed by atoms with E-state index in [1.165, 1.54) is 0 Å². The monoisotopic (exact) mass is 346 g/mol. The highest BCUT2D eigenvalue weighted by molar-refractivity contribution is 7.84. The van der Waals surface area contributed by atoms with Crippen molar-refractivity contribution in [3.8, 4) is 11.5 Å². The van der Waals surface area contributed by atoms with E-state index in [2.05, 4.69) is 5.32 Å². The number of benzene rings is 2. The zero-order chi connectivity index (χ0) is 17.5. The van der Waals surface area contributed by atoms with Crippen molar-refractivity contribution in [1.82, 2.24) is 4.90 Å². The Morgan fingerprint density at radius 2 is 1.71 bits per heavy atom. The average molecular weight is 346 g/mol. The molecule has 0 aliphatic carbocycles. The fourth-order valence-corrected chi connectivity index (χ4v) is 3.00. The van der Waals surface area contributed by atoms with Crippen LogP contribution < -0.4 is 10.1 Å². The number of carbonyl (C=O) groups excluding carboxylic acids is 1. The normalized spacial score (nSPS) is 13.0. The van der Waals surface area contributed by atoms with Crippen molar-refractivity contribution in [3.63, 3.8) is 0 Å². The van der Waals surface area contributed by atoms with Crippen molar-refractivity contribution in [2.24, 2.45) is 0 Å². The number of carbonyl (C=O) groups is 1. The van der Waals surface area contributed by atoms with Gasteiger partial charge < -0.3 is 15.0 Å². The molecule has 0 radical (unpaired) electrons. The van der Waals surface area contributed by atoms with Crippen LogP contribution in [0.5, 0.6) is 11.5 Å². The molecule has 0 aliphatic heterocycles. The lowest BCUT2D eigenvalue weighted by Crippen LogP contribution is -2.40. The Kier molecular flexibility index (Phi) is 6.37. The highest BCUT2D eigenvalue weighted by atomic mass is 32.2. The van der Waals surface area contributed by atoms with E-state index in [4.69, 9.17) is 4.74 Å². The zero-order valence-corrected chi connectivity index (χ0v) is 14.9. The summed E-state index contributed by atoms with van der Waals surface area (Å²) in [6.07, 6.45) is 1.63. The van der Waals surface area contributed by atoms with Crippen molar-refractivity contribution in [2.75, 3.05) is 24.4 Å². The number of hydrogen-bond donors (Lipinski definition) is 1. The molecule has 0 saturated carbocycles. The predicted molar refractivity (Wildman–Crippen MR) is 98.1 cm³/mol. The molecule has 2 aromatic rings. The van der Waals surface area contributed by atoms with Crippen LogP contribution in [-0.4, -0.2) is 40.2 Å². The van der Waals surface area contributed by atoms with Gasteiger partial charge in [0, 0.05) is 41.6 Å². The molecule has 0 saturated heterocycles. The summed E-state index contributed by atoms with van der Waals surface area (Å²) in [6.45, 7) is 1.87. The first-order valence-electron chi connectivity index (χ1n) is 7.62. The highest BCUT2D eigenvalue weighted by Gasteiger charge is 2.16. The summed E-state index contributed by atoms with van der Waals surface area (Å²) in [6, 6.07) is 16.3. The summed E-state index contributed by atoms with van der Waals surface area (Å²) in [7, 11) is 0.754. The van der Waals surface area contributed by atoms with Crippen LogP contribution in [0.3, 0.4) is 0 Å². The third-order valence-corrected chi connectivity index (χ3v) is 4.49. The van der Waals surface area contributed by atoms with Crippen LogP contribution in [-0.2, 0) is 10.8 Å². The second kappa shape index (κ2) is 8.49. The molecule has 0 heterocycles. The zero-order valence-electron chi connectivity index (χ0n) is 14.1. The second-order valence-electron chi connectivity index (χ2n) is 5.57. The van der Waals surface area contributed by atoms with Crippen LogP contribution in [0.2, 0.25) is 0 Å². The van der Waals surface area contributed by atoms with Gasteiger partial charge in [-0.1, -0.05) is 18.2 Å². The van der Waals surface area contributed by atoms with E-state index in [1.807, 2.05) is 37.3 Å². The van der Waals surface area contributed by atoms with Gasteiger partial charge in [-0.25, -0.2) is 4.79 Å². The van der Waals surface area contributed by atoms with E-state index in [0.717, 1.165) is 5.75 Å². The Balaban J connectivity index is 1.93. The van der Waals surface area contributed by atoms with Gasteiger partial charge in [0.2, 0.25) is 0 Å². The minimum absolute atomic E-state index is 0.100. The SMILES string of the molecule is C[C@H](C[S@](C)=O)N(C)C(=O)Nc1ccc(Oc2ccccc2)cc1. The standard InChI is InChI=1S/C18H22N2O3S/c1-14(13-24(3)22)20(2)18(21)19-15-9-11-17(12-10-15)23-16-7-5-4-6-8-16/h4-12,14H,13H2,1-3H3,(H,19,21)/t14-,24+/m1/s1. The quantitative estimate of drug-likeness (QED) is 0.867. The molecule has 128 valence electrons. The largest absolute Gasteiger partial charge is 0.457 e. The number of amides is 2. The third kappa shape index (κ3) is 5.38. The van der Waals surface area contributed by atoms with Crippen molar-refractivity contribution < 1.29 is 13.7 Å². The number of nitrogens with one attached hydrogen (secondary N) is 1. The van der Waals surface area contributed by atoms with Crippen LogP contribution in [0, 0.1) is 0 Å². The maximum atomic E-state index is 12.2. The van der Waals surface area contributed by atoms with Gasteiger partial charge >= 0.3 is 6.03 Å². The summed E-state index contributed by atoms with van der Waals surface area (Å²) >= 11 is 0. The maximum Gasteiger partial charge on any atom is 0.321 e. The van der Waals surface area contributed by atoms with Crippen molar-refractivity contribution in [1.29, 1.82) is 0 Å². The van der Waals surface area contributed by atoms with Gasteiger partial charge in [-0.2, -0.15) is 0 Å². The number of anilines is 1. The molecule has 0 aliphatic rings. The minimum Gasteiger partial charge on any atom is -0.457 e. The number of rotatable bonds is 6. The third-order valence-electron chi connectivity index (χ3n) is 3.54. The molecule has 24 heavy (non-hydrogen) atoms. The Labute approximate surface area is 145 Å². The van der Waals surface area contributed by atoms with E-state index >= 15 is 0 Å². The van der Waals surface area contributed by atoms with Gasteiger partial charge in [0.15, 0.2) is 0 Å². The lowest BCUT2D eigenvalue weighted by Gasteiger charge is -2.24. The van der Waals surface area contributed by atoms with Crippen molar-refractivity contribution in [3.05, 3.63) is 54.6 Å². The molecule has 2 amide bonds. The lowest BCUT2D eigenvalue weighted by molar-refractivity contribution is 0.212. The van der Waals surface area contributed by atoms with Crippen LogP contribution in [0.15, 0.2) is 54.6 Å². The van der Waals surface area contributed by atoms with E-state index in [9.17, 15) is 9.00 Å². The molecule has 6 heteroatoms. The number of nitrogens with zero attached hydrogens (tertiary/aromatic N) is 1. The summed E-state index contributed by atoms with van der Waals surface area (Å²) in [5, 5.41) is 2.82. The molecular formula is C18H22N2O3S. The summed E-state index contributed by atoms with van der Waals surface area (Å²) in [4.78, 5) is 13.7.